The van der Waals surface area contributed by atoms with E-state index >= 15 is 0 Å². The summed E-state index contributed by atoms with van der Waals surface area (Å²) in [6, 6.07) is 0. The van der Waals surface area contributed by atoms with Gasteiger partial charge in [0.1, 0.15) is 5.75 Å². The number of tetrazole rings is 1. The van der Waals surface area contributed by atoms with Crippen LogP contribution in [0.4, 0.5) is 0 Å². The van der Waals surface area contributed by atoms with E-state index in [1.165, 1.54) is 4.80 Å². The van der Waals surface area contributed by atoms with Crippen LogP contribution in [0.1, 0.15) is 19.7 Å². The van der Waals surface area contributed by atoms with Gasteiger partial charge in [0.25, 0.3) is 0 Å². The molecule has 0 bridgehead atoms. The standard InChI is InChI=1S/C7H15N5O2S/c1-7(2,8)5-15(13,14)4-6-9-11-12(3)10-6/h4-5,8H2,1-3H3. The van der Waals surface area contributed by atoms with Crippen LogP contribution in [-0.4, -0.2) is 39.9 Å². The number of nitrogens with zero attached hydrogens (tertiary/aromatic N) is 4. The van der Waals surface area contributed by atoms with Crippen molar-refractivity contribution in [2.45, 2.75) is 25.1 Å². The highest BCUT2D eigenvalue weighted by Crippen LogP contribution is 2.07. The highest BCUT2D eigenvalue weighted by atomic mass is 32.2. The van der Waals surface area contributed by atoms with E-state index in [4.69, 9.17) is 5.73 Å². The zero-order valence-corrected chi connectivity index (χ0v) is 9.82. The van der Waals surface area contributed by atoms with Gasteiger partial charge in [0.2, 0.25) is 0 Å². The predicted molar refractivity (Wildman–Crippen MR) is 54.6 cm³/mol. The number of rotatable bonds is 4. The van der Waals surface area contributed by atoms with Crippen LogP contribution in [0, 0.1) is 0 Å². The molecule has 0 radical (unpaired) electrons. The molecule has 0 spiro atoms. The van der Waals surface area contributed by atoms with Crippen molar-refractivity contribution < 1.29 is 8.42 Å². The Labute approximate surface area is 88.6 Å². The maximum Gasteiger partial charge on any atom is 0.189 e. The fourth-order valence-electron chi connectivity index (χ4n) is 1.20. The van der Waals surface area contributed by atoms with Crippen LogP contribution in [0.15, 0.2) is 0 Å². The molecule has 0 aliphatic rings. The topological polar surface area (TPSA) is 104 Å². The van der Waals surface area contributed by atoms with Gasteiger partial charge in [-0.15, -0.1) is 10.2 Å². The highest BCUT2D eigenvalue weighted by molar-refractivity contribution is 7.90. The van der Waals surface area contributed by atoms with Crippen molar-refractivity contribution in [1.82, 2.24) is 20.2 Å². The first-order chi connectivity index (χ1) is 6.68. The van der Waals surface area contributed by atoms with Crippen LogP contribution in [-0.2, 0) is 22.6 Å². The van der Waals surface area contributed by atoms with E-state index in [0.29, 0.717) is 0 Å². The van der Waals surface area contributed by atoms with Gasteiger partial charge in [-0.05, 0) is 19.1 Å². The van der Waals surface area contributed by atoms with Crippen molar-refractivity contribution in [2.75, 3.05) is 5.75 Å². The minimum absolute atomic E-state index is 0.0990. The average Bonchev–Trinajstić information content (AvgIpc) is 2.27. The summed E-state index contributed by atoms with van der Waals surface area (Å²) in [6.45, 7) is 3.32. The molecular weight excluding hydrogens is 218 g/mol. The van der Waals surface area contributed by atoms with Crippen molar-refractivity contribution in [3.63, 3.8) is 0 Å². The third-order valence-corrected chi connectivity index (χ3v) is 3.37. The molecule has 0 aliphatic carbocycles. The largest absolute Gasteiger partial charge is 0.325 e. The molecular formula is C7H15N5O2S. The van der Waals surface area contributed by atoms with Crippen LogP contribution in [0.2, 0.25) is 0 Å². The van der Waals surface area contributed by atoms with Crippen LogP contribution >= 0.6 is 0 Å². The van der Waals surface area contributed by atoms with E-state index in [1.54, 1.807) is 20.9 Å². The number of nitrogens with two attached hydrogens (primary N) is 1. The van der Waals surface area contributed by atoms with E-state index in [-0.39, 0.29) is 17.3 Å². The maximum atomic E-state index is 11.6. The van der Waals surface area contributed by atoms with Gasteiger partial charge < -0.3 is 5.73 Å². The molecule has 0 saturated carbocycles. The van der Waals surface area contributed by atoms with Crippen LogP contribution in [0.25, 0.3) is 0 Å². The summed E-state index contributed by atoms with van der Waals surface area (Å²) in [5, 5.41) is 11.0. The second-order valence-electron chi connectivity index (χ2n) is 4.22. The zero-order chi connectivity index (χ0) is 11.7. The Morgan fingerprint density at radius 1 is 1.47 bits per heavy atom. The van der Waals surface area contributed by atoms with Gasteiger partial charge in [0, 0.05) is 5.54 Å². The summed E-state index contributed by atoms with van der Waals surface area (Å²) >= 11 is 0. The molecule has 15 heavy (non-hydrogen) atoms. The van der Waals surface area contributed by atoms with Crippen molar-refractivity contribution in [3.05, 3.63) is 5.82 Å². The molecule has 2 N–H and O–H groups in total. The summed E-state index contributed by atoms with van der Waals surface area (Å²) in [5.41, 5.74) is 4.89. The Bertz CT molecular complexity index is 430. The minimum Gasteiger partial charge on any atom is -0.325 e. The molecule has 1 aromatic heterocycles. The molecule has 1 aromatic rings. The number of aromatic nitrogens is 4. The van der Waals surface area contributed by atoms with Gasteiger partial charge in [-0.2, -0.15) is 4.80 Å². The zero-order valence-electron chi connectivity index (χ0n) is 9.01. The molecule has 8 heteroatoms. The molecule has 1 heterocycles. The van der Waals surface area contributed by atoms with Crippen LogP contribution < -0.4 is 5.73 Å². The lowest BCUT2D eigenvalue weighted by molar-refractivity contribution is 0.543. The highest BCUT2D eigenvalue weighted by Gasteiger charge is 2.23. The molecule has 0 atom stereocenters. The van der Waals surface area contributed by atoms with E-state index in [0.717, 1.165) is 0 Å². The Morgan fingerprint density at radius 3 is 2.47 bits per heavy atom. The molecule has 86 valence electrons. The molecule has 0 aromatic carbocycles. The average molecular weight is 233 g/mol. The van der Waals surface area contributed by atoms with Crippen LogP contribution in [0.5, 0.6) is 0 Å². The van der Waals surface area contributed by atoms with E-state index < -0.39 is 15.4 Å². The summed E-state index contributed by atoms with van der Waals surface area (Å²) in [7, 11) is -1.70. The molecule has 0 saturated heterocycles. The van der Waals surface area contributed by atoms with Gasteiger partial charge in [0.15, 0.2) is 15.7 Å². The lowest BCUT2D eigenvalue weighted by Crippen LogP contribution is -2.40. The second kappa shape index (κ2) is 3.86. The van der Waals surface area contributed by atoms with Gasteiger partial charge in [-0.3, -0.25) is 0 Å². The van der Waals surface area contributed by atoms with E-state index in [2.05, 4.69) is 15.4 Å². The van der Waals surface area contributed by atoms with Crippen molar-refractivity contribution in [2.24, 2.45) is 12.8 Å². The SMILES string of the molecule is Cn1nnc(CS(=O)(=O)CC(C)(C)N)n1. The summed E-state index contributed by atoms with van der Waals surface area (Å²) in [5.74, 6) is -0.124. The normalized spacial score (nSPS) is 13.1. The van der Waals surface area contributed by atoms with Gasteiger partial charge >= 0.3 is 0 Å². The van der Waals surface area contributed by atoms with Crippen LogP contribution in [0.3, 0.4) is 0 Å². The third kappa shape index (κ3) is 4.34. The lowest BCUT2D eigenvalue weighted by atomic mass is 10.1. The minimum atomic E-state index is -3.28. The molecule has 7 nitrogen and oxygen atoms in total. The monoisotopic (exact) mass is 233 g/mol. The van der Waals surface area contributed by atoms with E-state index in [1.807, 2.05) is 0 Å². The van der Waals surface area contributed by atoms with Gasteiger partial charge in [0.05, 0.1) is 12.8 Å². The van der Waals surface area contributed by atoms with E-state index in [9.17, 15) is 8.42 Å². The molecule has 0 unspecified atom stereocenters. The second-order valence-corrected chi connectivity index (χ2v) is 6.28. The Hall–Kier alpha value is -1.02. The van der Waals surface area contributed by atoms with Crippen molar-refractivity contribution >= 4 is 9.84 Å². The summed E-state index contributed by atoms with van der Waals surface area (Å²) in [6.07, 6.45) is 0. The molecule has 0 aliphatic heterocycles. The first-order valence-corrected chi connectivity index (χ1v) is 6.22. The Kier molecular flexibility index (Phi) is 3.10. The number of hydrogen-bond donors (Lipinski definition) is 1. The summed E-state index contributed by atoms with van der Waals surface area (Å²) in [4.78, 5) is 1.22. The molecule has 0 fully saturated rings. The quantitative estimate of drug-likeness (QED) is 0.705. The van der Waals surface area contributed by atoms with Crippen molar-refractivity contribution in [3.8, 4) is 0 Å². The smallest absolute Gasteiger partial charge is 0.189 e. The van der Waals surface area contributed by atoms with Crippen molar-refractivity contribution in [1.29, 1.82) is 0 Å². The predicted octanol–water partition coefficient (Wildman–Crippen LogP) is -1.14. The Morgan fingerprint density at radius 2 is 2.07 bits per heavy atom. The third-order valence-electron chi connectivity index (χ3n) is 1.49. The first-order valence-electron chi connectivity index (χ1n) is 4.40. The lowest BCUT2D eigenvalue weighted by Gasteiger charge is -2.17. The van der Waals surface area contributed by atoms with Gasteiger partial charge in [-0.1, -0.05) is 0 Å². The fraction of sp³-hybridized carbons (Fsp3) is 0.857. The number of hydrogen-bond acceptors (Lipinski definition) is 6. The molecule has 0 amide bonds. The number of aryl methyl sites for hydroxylation is 1. The fourth-order valence-corrected chi connectivity index (χ4v) is 2.94. The Balaban J connectivity index is 2.73. The molecule has 1 rings (SSSR count). The maximum absolute atomic E-state index is 11.6. The summed E-state index contributed by atoms with van der Waals surface area (Å²) < 4.78 is 23.3. The number of sulfone groups is 1. The van der Waals surface area contributed by atoms with Gasteiger partial charge in [-0.25, -0.2) is 8.42 Å². The first kappa shape index (κ1) is 12.1.